The standard InChI is InChI=1S/C10H20N2S/c1-8-2-3-10(9(8)12-13)4-6-11-7-5-10/h8-9,11-13H,2-7H2,1H3/t8?,9-/m1/s1. The van der Waals surface area contributed by atoms with Gasteiger partial charge in [-0.3, -0.25) is 4.72 Å². The zero-order valence-electron chi connectivity index (χ0n) is 8.34. The summed E-state index contributed by atoms with van der Waals surface area (Å²) in [5.41, 5.74) is 0.562. The lowest BCUT2D eigenvalue weighted by atomic mass is 9.74. The summed E-state index contributed by atoms with van der Waals surface area (Å²) < 4.78 is 3.24. The van der Waals surface area contributed by atoms with Crippen molar-refractivity contribution in [2.24, 2.45) is 11.3 Å². The van der Waals surface area contributed by atoms with Gasteiger partial charge in [0.2, 0.25) is 0 Å². The van der Waals surface area contributed by atoms with Gasteiger partial charge in [0, 0.05) is 6.04 Å². The van der Waals surface area contributed by atoms with Gasteiger partial charge in [0.1, 0.15) is 0 Å². The molecular formula is C10H20N2S. The van der Waals surface area contributed by atoms with Crippen molar-refractivity contribution in [2.45, 2.75) is 38.6 Å². The zero-order valence-corrected chi connectivity index (χ0v) is 9.24. The van der Waals surface area contributed by atoms with E-state index in [1.54, 1.807) is 0 Å². The van der Waals surface area contributed by atoms with Crippen LogP contribution in [0.25, 0.3) is 0 Å². The number of rotatable bonds is 1. The number of hydrogen-bond acceptors (Lipinski definition) is 3. The van der Waals surface area contributed by atoms with Crippen molar-refractivity contribution < 1.29 is 0 Å². The summed E-state index contributed by atoms with van der Waals surface area (Å²) in [7, 11) is 0. The second-order valence-electron chi connectivity index (χ2n) is 4.74. The minimum atomic E-state index is 0.562. The van der Waals surface area contributed by atoms with Crippen LogP contribution >= 0.6 is 12.8 Å². The largest absolute Gasteiger partial charge is 0.317 e. The first-order valence-corrected chi connectivity index (χ1v) is 5.83. The van der Waals surface area contributed by atoms with Crippen LogP contribution in [0.15, 0.2) is 0 Å². The van der Waals surface area contributed by atoms with Crippen LogP contribution in [0.3, 0.4) is 0 Å². The Balaban J connectivity index is 2.11. The molecule has 76 valence electrons. The average Bonchev–Trinajstić information content (AvgIpc) is 2.45. The molecule has 13 heavy (non-hydrogen) atoms. The SMILES string of the molecule is CC1CCC2(CCNCC2)[C@@H]1NS. The van der Waals surface area contributed by atoms with Crippen molar-refractivity contribution in [3.8, 4) is 0 Å². The van der Waals surface area contributed by atoms with E-state index in [0.29, 0.717) is 11.5 Å². The molecular weight excluding hydrogens is 180 g/mol. The summed E-state index contributed by atoms with van der Waals surface area (Å²) in [5.74, 6) is 0.801. The fraction of sp³-hybridized carbons (Fsp3) is 1.00. The Morgan fingerprint density at radius 1 is 1.31 bits per heavy atom. The second kappa shape index (κ2) is 3.79. The lowest BCUT2D eigenvalue weighted by Crippen LogP contribution is -2.47. The minimum Gasteiger partial charge on any atom is -0.317 e. The van der Waals surface area contributed by atoms with Gasteiger partial charge in [0.15, 0.2) is 0 Å². The minimum absolute atomic E-state index is 0.562. The van der Waals surface area contributed by atoms with Gasteiger partial charge >= 0.3 is 0 Å². The Labute approximate surface area is 86.4 Å². The van der Waals surface area contributed by atoms with Gasteiger partial charge in [-0.25, -0.2) is 0 Å². The maximum absolute atomic E-state index is 4.29. The predicted octanol–water partition coefficient (Wildman–Crippen LogP) is 1.59. The van der Waals surface area contributed by atoms with Gasteiger partial charge in [0.05, 0.1) is 0 Å². The summed E-state index contributed by atoms with van der Waals surface area (Å²) in [6.45, 7) is 4.74. The highest BCUT2D eigenvalue weighted by Crippen LogP contribution is 2.47. The molecule has 0 aromatic heterocycles. The molecule has 1 saturated heterocycles. The topological polar surface area (TPSA) is 24.1 Å². The summed E-state index contributed by atoms with van der Waals surface area (Å²) in [6, 6.07) is 0.637. The van der Waals surface area contributed by atoms with E-state index in [-0.39, 0.29) is 0 Å². The number of piperidine rings is 1. The van der Waals surface area contributed by atoms with Crippen LogP contribution in [0.5, 0.6) is 0 Å². The van der Waals surface area contributed by atoms with Gasteiger partial charge in [-0.2, -0.15) is 0 Å². The molecule has 1 spiro atoms. The fourth-order valence-electron chi connectivity index (χ4n) is 3.19. The van der Waals surface area contributed by atoms with E-state index in [9.17, 15) is 0 Å². The molecule has 2 aliphatic rings. The molecule has 1 aliphatic carbocycles. The lowest BCUT2D eigenvalue weighted by molar-refractivity contribution is 0.165. The van der Waals surface area contributed by atoms with Crippen LogP contribution in [0.2, 0.25) is 0 Å². The number of nitrogens with one attached hydrogen (secondary N) is 2. The van der Waals surface area contributed by atoms with Gasteiger partial charge in [-0.1, -0.05) is 19.7 Å². The number of hydrogen-bond donors (Lipinski definition) is 3. The average molecular weight is 200 g/mol. The zero-order chi connectivity index (χ0) is 9.31. The molecule has 0 amide bonds. The van der Waals surface area contributed by atoms with E-state index in [4.69, 9.17) is 0 Å². The second-order valence-corrected chi connectivity index (χ2v) is 4.99. The first kappa shape index (κ1) is 9.81. The molecule has 1 unspecified atom stereocenters. The quantitative estimate of drug-likeness (QED) is 0.560. The van der Waals surface area contributed by atoms with E-state index >= 15 is 0 Å². The Kier molecular flexibility index (Phi) is 2.86. The van der Waals surface area contributed by atoms with Crippen LogP contribution in [0.4, 0.5) is 0 Å². The summed E-state index contributed by atoms with van der Waals surface area (Å²) in [4.78, 5) is 0. The molecule has 0 aromatic carbocycles. The Bertz CT molecular complexity index is 172. The molecule has 3 heteroatoms. The monoisotopic (exact) mass is 200 g/mol. The fourth-order valence-corrected chi connectivity index (χ4v) is 3.72. The summed E-state index contributed by atoms with van der Waals surface area (Å²) in [6.07, 6.45) is 5.43. The van der Waals surface area contributed by atoms with Gasteiger partial charge in [-0.05, 0) is 50.1 Å². The lowest BCUT2D eigenvalue weighted by Gasteiger charge is -2.40. The van der Waals surface area contributed by atoms with E-state index in [1.807, 2.05) is 0 Å². The van der Waals surface area contributed by atoms with Crippen molar-refractivity contribution in [2.75, 3.05) is 13.1 Å². The highest BCUT2D eigenvalue weighted by Gasteiger charge is 2.46. The normalized spacial score (nSPS) is 38.3. The van der Waals surface area contributed by atoms with Crippen LogP contribution in [0.1, 0.15) is 32.6 Å². The van der Waals surface area contributed by atoms with Crippen molar-refractivity contribution >= 4 is 12.8 Å². The third kappa shape index (κ3) is 1.62. The Morgan fingerprint density at radius 2 is 2.00 bits per heavy atom. The van der Waals surface area contributed by atoms with Gasteiger partial charge < -0.3 is 5.32 Å². The first-order valence-electron chi connectivity index (χ1n) is 5.39. The molecule has 1 saturated carbocycles. The molecule has 2 atom stereocenters. The van der Waals surface area contributed by atoms with Crippen molar-refractivity contribution in [1.82, 2.24) is 10.0 Å². The van der Waals surface area contributed by atoms with Crippen molar-refractivity contribution in [1.29, 1.82) is 0 Å². The van der Waals surface area contributed by atoms with Crippen LogP contribution < -0.4 is 10.0 Å². The Hall–Kier alpha value is 0.270. The van der Waals surface area contributed by atoms with Gasteiger partial charge in [-0.15, -0.1) is 0 Å². The van der Waals surface area contributed by atoms with Crippen LogP contribution in [0, 0.1) is 11.3 Å². The molecule has 0 bridgehead atoms. The summed E-state index contributed by atoms with van der Waals surface area (Å²) in [5, 5.41) is 3.44. The predicted molar refractivity (Wildman–Crippen MR) is 58.8 cm³/mol. The van der Waals surface area contributed by atoms with Crippen LogP contribution in [-0.2, 0) is 0 Å². The smallest absolute Gasteiger partial charge is 0.0252 e. The molecule has 1 aliphatic heterocycles. The molecule has 1 heterocycles. The highest BCUT2D eigenvalue weighted by atomic mass is 32.1. The first-order chi connectivity index (χ1) is 6.28. The van der Waals surface area contributed by atoms with E-state index < -0.39 is 0 Å². The van der Waals surface area contributed by atoms with E-state index in [2.05, 4.69) is 29.8 Å². The third-order valence-electron chi connectivity index (χ3n) is 4.06. The Morgan fingerprint density at radius 3 is 2.62 bits per heavy atom. The molecule has 2 fully saturated rings. The maximum atomic E-state index is 4.29. The molecule has 2 nitrogen and oxygen atoms in total. The third-order valence-corrected chi connectivity index (χ3v) is 4.34. The van der Waals surface area contributed by atoms with Gasteiger partial charge in [0.25, 0.3) is 0 Å². The molecule has 2 N–H and O–H groups in total. The summed E-state index contributed by atoms with van der Waals surface area (Å²) >= 11 is 4.29. The van der Waals surface area contributed by atoms with Crippen molar-refractivity contribution in [3.05, 3.63) is 0 Å². The number of thiol groups is 1. The maximum Gasteiger partial charge on any atom is 0.0252 e. The van der Waals surface area contributed by atoms with E-state index in [1.165, 1.54) is 38.8 Å². The van der Waals surface area contributed by atoms with Crippen molar-refractivity contribution in [3.63, 3.8) is 0 Å². The molecule has 2 rings (SSSR count). The highest BCUT2D eigenvalue weighted by molar-refractivity contribution is 7.78. The van der Waals surface area contributed by atoms with Crippen LogP contribution in [-0.4, -0.2) is 19.1 Å². The van der Waals surface area contributed by atoms with E-state index in [0.717, 1.165) is 5.92 Å². The molecule has 0 aromatic rings. The molecule has 0 radical (unpaired) electrons.